The van der Waals surface area contributed by atoms with Crippen LogP contribution in [0.4, 0.5) is 0 Å². The molecule has 0 bridgehead atoms. The number of sulfonamides is 1. The highest BCUT2D eigenvalue weighted by Gasteiger charge is 2.32. The average molecular weight is 397 g/mol. The van der Waals surface area contributed by atoms with Crippen LogP contribution in [0, 0.1) is 0 Å². The van der Waals surface area contributed by atoms with Crippen molar-refractivity contribution in [3.05, 3.63) is 29.8 Å². The van der Waals surface area contributed by atoms with Gasteiger partial charge < -0.3 is 10.1 Å². The third-order valence-electron chi connectivity index (χ3n) is 4.76. The number of nitrogens with one attached hydrogen (secondary N) is 1. The predicted octanol–water partition coefficient (Wildman–Crippen LogP) is 3.18. The number of carbonyl (C=O) groups excluding carboxylic acids is 1. The summed E-state index contributed by atoms with van der Waals surface area (Å²) in [6, 6.07) is 6.28. The van der Waals surface area contributed by atoms with E-state index in [-0.39, 0.29) is 29.1 Å². The third kappa shape index (κ3) is 6.02. The number of rotatable bonds is 8. The van der Waals surface area contributed by atoms with Crippen LogP contribution in [0.25, 0.3) is 0 Å². The van der Waals surface area contributed by atoms with Gasteiger partial charge in [0.05, 0.1) is 17.1 Å². The van der Waals surface area contributed by atoms with Crippen LogP contribution in [0.2, 0.25) is 0 Å². The summed E-state index contributed by atoms with van der Waals surface area (Å²) in [5.41, 5.74) is 0.472. The molecule has 3 atom stereocenters. The molecule has 1 fully saturated rings. The van der Waals surface area contributed by atoms with E-state index in [1.165, 1.54) is 16.4 Å². The monoisotopic (exact) mass is 396 g/mol. The minimum Gasteiger partial charge on any atom is -0.373 e. The highest BCUT2D eigenvalue weighted by molar-refractivity contribution is 7.89. The molecule has 6 nitrogen and oxygen atoms in total. The lowest BCUT2D eigenvalue weighted by Crippen LogP contribution is -2.48. The van der Waals surface area contributed by atoms with Crippen molar-refractivity contribution in [2.75, 3.05) is 13.1 Å². The second-order valence-electron chi connectivity index (χ2n) is 7.47. The van der Waals surface area contributed by atoms with Crippen LogP contribution in [0.3, 0.4) is 0 Å². The molecule has 7 heteroatoms. The van der Waals surface area contributed by atoms with E-state index in [0.717, 1.165) is 25.7 Å². The molecule has 1 amide bonds. The quantitative estimate of drug-likeness (QED) is 0.685. The van der Waals surface area contributed by atoms with Crippen molar-refractivity contribution in [2.24, 2.45) is 0 Å². The minimum atomic E-state index is -3.59. The first-order valence-corrected chi connectivity index (χ1v) is 11.2. The van der Waals surface area contributed by atoms with Gasteiger partial charge in [-0.05, 0) is 51.5 Å². The highest BCUT2D eigenvalue weighted by Crippen LogP contribution is 2.21. The molecule has 1 aliphatic heterocycles. The number of hydrogen-bond acceptors (Lipinski definition) is 4. The normalized spacial score (nSPS) is 22.4. The topological polar surface area (TPSA) is 75.7 Å². The summed E-state index contributed by atoms with van der Waals surface area (Å²) >= 11 is 0. The van der Waals surface area contributed by atoms with Gasteiger partial charge in [0.1, 0.15) is 0 Å². The molecule has 1 heterocycles. The number of ether oxygens (including phenoxy) is 1. The fraction of sp³-hybridized carbons (Fsp3) is 0.650. The lowest BCUT2D eigenvalue weighted by molar-refractivity contribution is -0.0440. The first-order valence-electron chi connectivity index (χ1n) is 9.80. The van der Waals surface area contributed by atoms with Crippen LogP contribution in [0.5, 0.6) is 0 Å². The Kier molecular flexibility index (Phi) is 7.82. The Balaban J connectivity index is 2.02. The fourth-order valence-electron chi connectivity index (χ4n) is 3.33. The standard InChI is InChI=1S/C20H32N2O4S/c1-5-6-7-8-15(2)21-20(23)18-9-11-19(12-10-18)27(24,25)22-13-16(3)26-17(4)14-22/h9-12,15-17H,5-8,13-14H2,1-4H3,(H,21,23)/t15-,16-,17+/m1/s1. The van der Waals surface area contributed by atoms with Crippen molar-refractivity contribution in [3.8, 4) is 0 Å². The number of carbonyl (C=O) groups is 1. The van der Waals surface area contributed by atoms with Gasteiger partial charge >= 0.3 is 0 Å². The Labute approximate surface area is 163 Å². The largest absolute Gasteiger partial charge is 0.373 e. The molecule has 1 saturated heterocycles. The van der Waals surface area contributed by atoms with Gasteiger partial charge in [-0.25, -0.2) is 8.42 Å². The summed E-state index contributed by atoms with van der Waals surface area (Å²) in [4.78, 5) is 12.6. The Bertz CT molecular complexity index is 708. The van der Waals surface area contributed by atoms with E-state index in [0.29, 0.717) is 18.7 Å². The van der Waals surface area contributed by atoms with Crippen LogP contribution in [-0.4, -0.2) is 50.0 Å². The molecule has 0 aliphatic carbocycles. The second kappa shape index (κ2) is 9.66. The van der Waals surface area contributed by atoms with Crippen LogP contribution in [-0.2, 0) is 14.8 Å². The number of benzene rings is 1. The van der Waals surface area contributed by atoms with Crippen LogP contribution in [0.1, 0.15) is 63.7 Å². The molecule has 0 spiro atoms. The van der Waals surface area contributed by atoms with Crippen molar-refractivity contribution in [3.63, 3.8) is 0 Å². The molecule has 1 aliphatic rings. The Morgan fingerprint density at radius 3 is 2.33 bits per heavy atom. The van der Waals surface area contributed by atoms with E-state index in [9.17, 15) is 13.2 Å². The maximum atomic E-state index is 12.9. The summed E-state index contributed by atoms with van der Waals surface area (Å²) in [6.45, 7) is 8.55. The molecule has 152 valence electrons. The van der Waals surface area contributed by atoms with Crippen molar-refractivity contribution in [1.82, 2.24) is 9.62 Å². The molecule has 0 aromatic heterocycles. The van der Waals surface area contributed by atoms with Gasteiger partial charge in [-0.1, -0.05) is 26.2 Å². The van der Waals surface area contributed by atoms with Crippen molar-refractivity contribution < 1.29 is 17.9 Å². The zero-order valence-corrected chi connectivity index (χ0v) is 17.6. The third-order valence-corrected chi connectivity index (χ3v) is 6.60. The highest BCUT2D eigenvalue weighted by atomic mass is 32.2. The van der Waals surface area contributed by atoms with E-state index >= 15 is 0 Å². The molecule has 2 rings (SSSR count). The summed E-state index contributed by atoms with van der Waals surface area (Å²) in [7, 11) is -3.59. The van der Waals surface area contributed by atoms with Crippen molar-refractivity contribution in [1.29, 1.82) is 0 Å². The van der Waals surface area contributed by atoms with Gasteiger partial charge in [-0.2, -0.15) is 4.31 Å². The first-order chi connectivity index (χ1) is 12.7. The van der Waals surface area contributed by atoms with E-state index in [1.54, 1.807) is 12.1 Å². The molecule has 1 aromatic carbocycles. The van der Waals surface area contributed by atoms with E-state index in [1.807, 2.05) is 20.8 Å². The number of unbranched alkanes of at least 4 members (excludes halogenated alkanes) is 2. The van der Waals surface area contributed by atoms with Crippen LogP contribution in [0.15, 0.2) is 29.2 Å². The van der Waals surface area contributed by atoms with E-state index in [4.69, 9.17) is 4.74 Å². The lowest BCUT2D eigenvalue weighted by Gasteiger charge is -2.34. The number of morpholine rings is 1. The van der Waals surface area contributed by atoms with Gasteiger partial charge in [-0.15, -0.1) is 0 Å². The minimum absolute atomic E-state index is 0.101. The zero-order valence-electron chi connectivity index (χ0n) is 16.8. The van der Waals surface area contributed by atoms with Gasteiger partial charge in [-0.3, -0.25) is 4.79 Å². The maximum absolute atomic E-state index is 12.9. The second-order valence-corrected chi connectivity index (χ2v) is 9.41. The van der Waals surface area contributed by atoms with E-state index < -0.39 is 10.0 Å². The van der Waals surface area contributed by atoms with Crippen LogP contribution < -0.4 is 5.32 Å². The summed E-state index contributed by atoms with van der Waals surface area (Å²) in [6.07, 6.45) is 4.07. The van der Waals surface area contributed by atoms with Gasteiger partial charge in [0.25, 0.3) is 5.91 Å². The number of nitrogens with zero attached hydrogens (tertiary/aromatic N) is 1. The summed E-state index contributed by atoms with van der Waals surface area (Å²) < 4.78 is 32.8. The van der Waals surface area contributed by atoms with Crippen LogP contribution >= 0.6 is 0 Å². The average Bonchev–Trinajstić information content (AvgIpc) is 2.61. The van der Waals surface area contributed by atoms with Gasteiger partial charge in [0.15, 0.2) is 0 Å². The maximum Gasteiger partial charge on any atom is 0.251 e. The molecule has 27 heavy (non-hydrogen) atoms. The molecule has 0 unspecified atom stereocenters. The summed E-state index contributed by atoms with van der Waals surface area (Å²) in [5, 5.41) is 2.97. The van der Waals surface area contributed by atoms with Crippen molar-refractivity contribution in [2.45, 2.75) is 76.5 Å². The lowest BCUT2D eigenvalue weighted by atomic mass is 10.1. The fourth-order valence-corrected chi connectivity index (χ4v) is 4.92. The molecular weight excluding hydrogens is 364 g/mol. The molecule has 1 aromatic rings. The smallest absolute Gasteiger partial charge is 0.251 e. The van der Waals surface area contributed by atoms with Gasteiger partial charge in [0, 0.05) is 24.7 Å². The molecule has 0 saturated carbocycles. The molecule has 0 radical (unpaired) electrons. The Morgan fingerprint density at radius 2 is 1.78 bits per heavy atom. The Morgan fingerprint density at radius 1 is 1.19 bits per heavy atom. The van der Waals surface area contributed by atoms with Crippen molar-refractivity contribution >= 4 is 15.9 Å². The summed E-state index contributed by atoms with van der Waals surface area (Å²) in [5.74, 6) is -0.170. The van der Waals surface area contributed by atoms with E-state index in [2.05, 4.69) is 12.2 Å². The number of amides is 1. The zero-order chi connectivity index (χ0) is 20.0. The molecular formula is C20H32N2O4S. The number of hydrogen-bond donors (Lipinski definition) is 1. The Hall–Kier alpha value is -1.44. The predicted molar refractivity (Wildman–Crippen MR) is 106 cm³/mol. The van der Waals surface area contributed by atoms with Gasteiger partial charge in [0.2, 0.25) is 10.0 Å². The first kappa shape index (κ1) is 21.9. The molecule has 1 N–H and O–H groups in total. The SMILES string of the molecule is CCCCC[C@@H](C)NC(=O)c1ccc(S(=O)(=O)N2C[C@@H](C)O[C@@H](C)C2)cc1.